The van der Waals surface area contributed by atoms with Crippen molar-refractivity contribution in [1.82, 2.24) is 10.2 Å². The molecule has 1 saturated carbocycles. The molecule has 2 N–H and O–H groups in total. The van der Waals surface area contributed by atoms with Crippen molar-refractivity contribution in [3.8, 4) is 0 Å². The number of aliphatic hydroxyl groups excluding tert-OH is 1. The van der Waals surface area contributed by atoms with Crippen LogP contribution in [0.2, 0.25) is 0 Å². The zero-order chi connectivity index (χ0) is 14.8. The molecule has 0 aromatic heterocycles. The fourth-order valence-corrected chi connectivity index (χ4v) is 3.44. The standard InChI is InChI=1S/C16H28N2O3/c1-11-5-7-18(8-6-11)9-14-15(19)13(10-21-14)17-16(20)12-3-2-4-12/h11-15,19H,2-10H2,1H3,(H,17,20)/t13-,14-,15+/m0/s1. The SMILES string of the molecule is CC1CCN(C[C@@H]2OC[C@H](NC(=O)C3CCC3)[C@H]2O)CC1. The average molecular weight is 296 g/mol. The fraction of sp³-hybridized carbons (Fsp3) is 0.938. The van der Waals surface area contributed by atoms with E-state index in [1.165, 1.54) is 12.8 Å². The molecule has 1 aliphatic carbocycles. The second-order valence-corrected chi connectivity index (χ2v) is 7.09. The minimum atomic E-state index is -0.576. The number of amides is 1. The second kappa shape index (κ2) is 6.63. The van der Waals surface area contributed by atoms with Crippen LogP contribution in [-0.4, -0.2) is 60.4 Å². The maximum atomic E-state index is 12.0. The molecule has 3 fully saturated rings. The van der Waals surface area contributed by atoms with E-state index in [0.29, 0.717) is 6.61 Å². The van der Waals surface area contributed by atoms with Crippen molar-refractivity contribution in [1.29, 1.82) is 0 Å². The van der Waals surface area contributed by atoms with Crippen molar-refractivity contribution in [2.45, 2.75) is 57.3 Å². The first-order chi connectivity index (χ1) is 10.1. The molecule has 0 spiro atoms. The number of hydrogen-bond acceptors (Lipinski definition) is 4. The molecule has 0 bridgehead atoms. The van der Waals surface area contributed by atoms with E-state index in [1.807, 2.05) is 0 Å². The molecule has 0 radical (unpaired) electrons. The topological polar surface area (TPSA) is 61.8 Å². The number of nitrogens with zero attached hydrogens (tertiary/aromatic N) is 1. The average Bonchev–Trinajstić information content (AvgIpc) is 2.72. The van der Waals surface area contributed by atoms with Gasteiger partial charge in [0.05, 0.1) is 18.8 Å². The third kappa shape index (κ3) is 3.58. The molecule has 120 valence electrons. The summed E-state index contributed by atoms with van der Waals surface area (Å²) in [5.74, 6) is 1.08. The summed E-state index contributed by atoms with van der Waals surface area (Å²) >= 11 is 0. The smallest absolute Gasteiger partial charge is 0.223 e. The lowest BCUT2D eigenvalue weighted by atomic mass is 9.84. The first-order valence-corrected chi connectivity index (χ1v) is 8.46. The molecule has 3 aliphatic rings. The van der Waals surface area contributed by atoms with E-state index in [0.717, 1.165) is 44.8 Å². The van der Waals surface area contributed by atoms with Crippen molar-refractivity contribution in [2.75, 3.05) is 26.2 Å². The van der Waals surface area contributed by atoms with Gasteiger partial charge in [-0.3, -0.25) is 4.79 Å². The van der Waals surface area contributed by atoms with E-state index in [9.17, 15) is 9.90 Å². The summed E-state index contributed by atoms with van der Waals surface area (Å²) in [7, 11) is 0. The Bertz CT molecular complexity index is 365. The Morgan fingerprint density at radius 2 is 2.00 bits per heavy atom. The highest BCUT2D eigenvalue weighted by Gasteiger charge is 2.39. The molecule has 5 heteroatoms. The van der Waals surface area contributed by atoms with E-state index >= 15 is 0 Å². The lowest BCUT2D eigenvalue weighted by Gasteiger charge is -2.32. The van der Waals surface area contributed by atoms with Crippen LogP contribution in [0.15, 0.2) is 0 Å². The van der Waals surface area contributed by atoms with Crippen LogP contribution in [0.3, 0.4) is 0 Å². The Morgan fingerprint density at radius 3 is 2.62 bits per heavy atom. The zero-order valence-corrected chi connectivity index (χ0v) is 13.0. The lowest BCUT2D eigenvalue weighted by Crippen LogP contribution is -2.49. The number of likely N-dealkylation sites (tertiary alicyclic amines) is 1. The van der Waals surface area contributed by atoms with Crippen molar-refractivity contribution >= 4 is 5.91 Å². The summed E-state index contributed by atoms with van der Waals surface area (Å²) in [6, 6.07) is -0.230. The van der Waals surface area contributed by atoms with Gasteiger partial charge in [-0.1, -0.05) is 13.3 Å². The van der Waals surface area contributed by atoms with Crippen LogP contribution in [0, 0.1) is 11.8 Å². The largest absolute Gasteiger partial charge is 0.388 e. The molecule has 2 saturated heterocycles. The maximum Gasteiger partial charge on any atom is 0.223 e. The highest BCUT2D eigenvalue weighted by Crippen LogP contribution is 2.27. The van der Waals surface area contributed by atoms with Crippen LogP contribution in [0.5, 0.6) is 0 Å². The van der Waals surface area contributed by atoms with E-state index in [2.05, 4.69) is 17.1 Å². The highest BCUT2D eigenvalue weighted by molar-refractivity contribution is 5.79. The van der Waals surface area contributed by atoms with E-state index in [4.69, 9.17) is 4.74 Å². The van der Waals surface area contributed by atoms with E-state index in [-0.39, 0.29) is 24.0 Å². The molecule has 2 heterocycles. The van der Waals surface area contributed by atoms with Crippen LogP contribution in [0.1, 0.15) is 39.0 Å². The van der Waals surface area contributed by atoms with E-state index in [1.54, 1.807) is 0 Å². The third-order valence-corrected chi connectivity index (χ3v) is 5.40. The molecule has 0 unspecified atom stereocenters. The van der Waals surface area contributed by atoms with Crippen LogP contribution in [-0.2, 0) is 9.53 Å². The summed E-state index contributed by atoms with van der Waals surface area (Å²) in [4.78, 5) is 14.4. The number of carbonyl (C=O) groups excluding carboxylic acids is 1. The van der Waals surface area contributed by atoms with Gasteiger partial charge in [0.15, 0.2) is 0 Å². The molecule has 3 atom stereocenters. The summed E-state index contributed by atoms with van der Waals surface area (Å²) < 4.78 is 5.73. The van der Waals surface area contributed by atoms with Gasteiger partial charge in [0, 0.05) is 12.5 Å². The van der Waals surface area contributed by atoms with Crippen LogP contribution in [0.25, 0.3) is 0 Å². The van der Waals surface area contributed by atoms with Crippen LogP contribution >= 0.6 is 0 Å². The lowest BCUT2D eigenvalue weighted by molar-refractivity contribution is -0.128. The Hall–Kier alpha value is -0.650. The summed E-state index contributed by atoms with van der Waals surface area (Å²) in [5, 5.41) is 13.4. The molecule has 3 rings (SSSR count). The summed E-state index contributed by atoms with van der Waals surface area (Å²) in [5.41, 5.74) is 0. The minimum Gasteiger partial charge on any atom is -0.388 e. The van der Waals surface area contributed by atoms with Gasteiger partial charge in [-0.05, 0) is 44.7 Å². The van der Waals surface area contributed by atoms with E-state index < -0.39 is 6.10 Å². The van der Waals surface area contributed by atoms with Crippen LogP contribution in [0.4, 0.5) is 0 Å². The van der Waals surface area contributed by atoms with Gasteiger partial charge < -0.3 is 20.1 Å². The number of piperidine rings is 1. The molecule has 21 heavy (non-hydrogen) atoms. The van der Waals surface area contributed by atoms with Gasteiger partial charge in [0.2, 0.25) is 5.91 Å². The van der Waals surface area contributed by atoms with Gasteiger partial charge in [0.25, 0.3) is 0 Å². The van der Waals surface area contributed by atoms with Gasteiger partial charge in [0.1, 0.15) is 6.10 Å². The number of ether oxygens (including phenoxy) is 1. The van der Waals surface area contributed by atoms with Gasteiger partial charge in [-0.25, -0.2) is 0 Å². The molecule has 0 aromatic rings. The molecule has 2 aliphatic heterocycles. The normalized spacial score (nSPS) is 35.6. The summed E-state index contributed by atoms with van der Waals surface area (Å²) in [6.45, 7) is 5.70. The minimum absolute atomic E-state index is 0.0985. The number of carbonyl (C=O) groups is 1. The first-order valence-electron chi connectivity index (χ1n) is 8.46. The molecule has 5 nitrogen and oxygen atoms in total. The predicted octanol–water partition coefficient (Wildman–Crippen LogP) is 0.763. The second-order valence-electron chi connectivity index (χ2n) is 7.09. The monoisotopic (exact) mass is 296 g/mol. The van der Waals surface area contributed by atoms with Crippen molar-refractivity contribution in [2.24, 2.45) is 11.8 Å². The van der Waals surface area contributed by atoms with Gasteiger partial charge in [-0.2, -0.15) is 0 Å². The Kier molecular flexibility index (Phi) is 4.82. The first kappa shape index (κ1) is 15.3. The number of hydrogen-bond donors (Lipinski definition) is 2. The highest BCUT2D eigenvalue weighted by atomic mass is 16.5. The zero-order valence-electron chi connectivity index (χ0n) is 13.0. The van der Waals surface area contributed by atoms with Crippen molar-refractivity contribution in [3.63, 3.8) is 0 Å². The Labute approximate surface area is 127 Å². The summed E-state index contributed by atoms with van der Waals surface area (Å²) in [6.07, 6.45) is 4.85. The fourth-order valence-electron chi connectivity index (χ4n) is 3.44. The number of nitrogens with one attached hydrogen (secondary N) is 1. The van der Waals surface area contributed by atoms with Crippen molar-refractivity contribution < 1.29 is 14.6 Å². The quantitative estimate of drug-likeness (QED) is 0.804. The Balaban J connectivity index is 1.44. The molecule has 1 amide bonds. The molecular formula is C16H28N2O3. The van der Waals surface area contributed by atoms with Crippen LogP contribution < -0.4 is 5.32 Å². The van der Waals surface area contributed by atoms with Crippen molar-refractivity contribution in [3.05, 3.63) is 0 Å². The third-order valence-electron chi connectivity index (χ3n) is 5.40. The van der Waals surface area contributed by atoms with Gasteiger partial charge >= 0.3 is 0 Å². The number of aliphatic hydroxyl groups is 1. The molecule has 0 aromatic carbocycles. The molecular weight excluding hydrogens is 268 g/mol. The Morgan fingerprint density at radius 1 is 1.29 bits per heavy atom. The predicted molar refractivity (Wildman–Crippen MR) is 79.9 cm³/mol. The number of rotatable bonds is 4. The van der Waals surface area contributed by atoms with Gasteiger partial charge in [-0.15, -0.1) is 0 Å². The maximum absolute atomic E-state index is 12.0.